The van der Waals surface area contributed by atoms with Gasteiger partial charge in [-0.25, -0.2) is 15.2 Å². The number of likely N-dealkylation sites (N-methyl/N-ethyl adjacent to an activating group) is 1. The topological polar surface area (TPSA) is 35.6 Å². The lowest BCUT2D eigenvalue weighted by atomic mass is 10.3. The van der Waals surface area contributed by atoms with Crippen molar-refractivity contribution in [2.75, 3.05) is 25.1 Å². The normalized spacial score (nSPS) is 16.8. The van der Waals surface area contributed by atoms with Crippen LogP contribution in [-0.2, 0) is 0 Å². The molecule has 16 heavy (non-hydrogen) atoms. The molecule has 2 amide bonds. The highest BCUT2D eigenvalue weighted by molar-refractivity contribution is 6.35. The Kier molecular flexibility index (Phi) is 3.23. The number of hydrazine groups is 1. The number of nitrogens with one attached hydrogen (secondary N) is 1. The Morgan fingerprint density at radius 2 is 1.88 bits per heavy atom. The Morgan fingerprint density at radius 3 is 2.50 bits per heavy atom. The second-order valence-electron chi connectivity index (χ2n) is 3.58. The minimum absolute atomic E-state index is 0.121. The van der Waals surface area contributed by atoms with E-state index >= 15 is 0 Å². The average Bonchev–Trinajstić information content (AvgIpc) is 2.20. The predicted molar refractivity (Wildman–Crippen MR) is 65.0 cm³/mol. The van der Waals surface area contributed by atoms with E-state index in [0.717, 1.165) is 0 Å². The molecule has 1 fully saturated rings. The smallest absolute Gasteiger partial charge is 0.325 e. The number of benzene rings is 1. The lowest BCUT2D eigenvalue weighted by Crippen LogP contribution is -2.57. The van der Waals surface area contributed by atoms with E-state index in [1.54, 1.807) is 30.1 Å². The van der Waals surface area contributed by atoms with Gasteiger partial charge in [0.15, 0.2) is 0 Å². The van der Waals surface area contributed by atoms with Gasteiger partial charge in [-0.3, -0.25) is 0 Å². The van der Waals surface area contributed by atoms with E-state index in [2.05, 4.69) is 5.43 Å². The zero-order valence-corrected chi connectivity index (χ0v) is 10.2. The van der Waals surface area contributed by atoms with E-state index in [-0.39, 0.29) is 6.03 Å². The van der Waals surface area contributed by atoms with E-state index in [0.29, 0.717) is 28.8 Å². The summed E-state index contributed by atoms with van der Waals surface area (Å²) >= 11 is 11.8. The van der Waals surface area contributed by atoms with Crippen LogP contribution in [0.15, 0.2) is 18.2 Å². The molecule has 2 rings (SSSR count). The van der Waals surface area contributed by atoms with E-state index < -0.39 is 0 Å². The van der Waals surface area contributed by atoms with Crippen LogP contribution in [-0.4, -0.2) is 31.1 Å². The van der Waals surface area contributed by atoms with Crippen molar-refractivity contribution in [1.29, 1.82) is 0 Å². The van der Waals surface area contributed by atoms with E-state index in [1.165, 1.54) is 5.01 Å². The van der Waals surface area contributed by atoms with Gasteiger partial charge in [0.1, 0.15) is 0 Å². The van der Waals surface area contributed by atoms with Crippen molar-refractivity contribution in [1.82, 2.24) is 10.3 Å². The van der Waals surface area contributed by atoms with Crippen LogP contribution in [0, 0.1) is 0 Å². The van der Waals surface area contributed by atoms with Crippen LogP contribution in [0.5, 0.6) is 0 Å². The molecule has 0 bridgehead atoms. The van der Waals surface area contributed by atoms with E-state index in [9.17, 15) is 4.79 Å². The molecule has 1 aliphatic heterocycles. The zero-order valence-electron chi connectivity index (χ0n) is 8.70. The standard InChI is InChI=1S/C10H11Cl2N3O/c1-14-3-2-13-15(10(14)16)9-5-7(11)4-8(12)6-9/h4-6,13H,2-3H2,1H3. The molecule has 1 aliphatic rings. The predicted octanol–water partition coefficient (Wildman–Crippen LogP) is 2.37. The van der Waals surface area contributed by atoms with Gasteiger partial charge in [-0.05, 0) is 18.2 Å². The highest BCUT2D eigenvalue weighted by Crippen LogP contribution is 2.25. The number of nitrogens with zero attached hydrogens (tertiary/aromatic N) is 2. The zero-order chi connectivity index (χ0) is 11.7. The number of rotatable bonds is 1. The Bertz CT molecular complexity index is 404. The third kappa shape index (κ3) is 2.24. The molecule has 0 atom stereocenters. The minimum Gasteiger partial charge on any atom is -0.325 e. The number of hydrogen-bond donors (Lipinski definition) is 1. The molecular formula is C10H11Cl2N3O. The summed E-state index contributed by atoms with van der Waals surface area (Å²) in [5.41, 5.74) is 3.64. The number of hydrogen-bond acceptors (Lipinski definition) is 2. The third-order valence-corrected chi connectivity index (χ3v) is 2.78. The van der Waals surface area contributed by atoms with Crippen LogP contribution in [0.4, 0.5) is 10.5 Å². The maximum Gasteiger partial charge on any atom is 0.338 e. The number of amides is 2. The molecule has 0 aliphatic carbocycles. The molecule has 0 aromatic heterocycles. The summed E-state index contributed by atoms with van der Waals surface area (Å²) < 4.78 is 0. The third-order valence-electron chi connectivity index (χ3n) is 2.34. The fourth-order valence-corrected chi connectivity index (χ4v) is 2.05. The van der Waals surface area contributed by atoms with Gasteiger partial charge in [0.25, 0.3) is 0 Å². The molecule has 0 spiro atoms. The summed E-state index contributed by atoms with van der Waals surface area (Å²) in [5, 5.41) is 2.46. The number of halogens is 2. The molecular weight excluding hydrogens is 249 g/mol. The summed E-state index contributed by atoms with van der Waals surface area (Å²) in [6.45, 7) is 1.38. The molecule has 1 heterocycles. The summed E-state index contributed by atoms with van der Waals surface area (Å²) in [7, 11) is 1.75. The van der Waals surface area contributed by atoms with Gasteiger partial charge in [-0.15, -0.1) is 0 Å². The Labute approximate surface area is 104 Å². The van der Waals surface area contributed by atoms with Gasteiger partial charge in [-0.1, -0.05) is 23.2 Å². The Hall–Kier alpha value is -0.970. The van der Waals surface area contributed by atoms with Gasteiger partial charge >= 0.3 is 6.03 Å². The van der Waals surface area contributed by atoms with Gasteiger partial charge in [0, 0.05) is 30.2 Å². The van der Waals surface area contributed by atoms with Gasteiger partial charge in [-0.2, -0.15) is 0 Å². The fraction of sp³-hybridized carbons (Fsp3) is 0.300. The molecule has 1 saturated heterocycles. The van der Waals surface area contributed by atoms with Crippen LogP contribution in [0.3, 0.4) is 0 Å². The number of anilines is 1. The Balaban J connectivity index is 2.32. The van der Waals surface area contributed by atoms with Crippen molar-refractivity contribution in [3.05, 3.63) is 28.2 Å². The summed E-state index contributed by atoms with van der Waals surface area (Å²) in [5.74, 6) is 0. The molecule has 6 heteroatoms. The summed E-state index contributed by atoms with van der Waals surface area (Å²) in [6.07, 6.45) is 0. The van der Waals surface area contributed by atoms with Crippen LogP contribution in [0.25, 0.3) is 0 Å². The average molecular weight is 260 g/mol. The molecule has 1 aromatic rings. The van der Waals surface area contributed by atoms with Crippen molar-refractivity contribution in [2.45, 2.75) is 0 Å². The molecule has 4 nitrogen and oxygen atoms in total. The molecule has 0 radical (unpaired) electrons. The molecule has 1 aromatic carbocycles. The van der Waals surface area contributed by atoms with E-state index in [1.807, 2.05) is 0 Å². The van der Waals surface area contributed by atoms with Crippen LogP contribution in [0.2, 0.25) is 10.0 Å². The highest BCUT2D eigenvalue weighted by Gasteiger charge is 2.24. The largest absolute Gasteiger partial charge is 0.338 e. The number of carbonyl (C=O) groups excluding carboxylic acids is 1. The van der Waals surface area contributed by atoms with Crippen LogP contribution < -0.4 is 10.4 Å². The quantitative estimate of drug-likeness (QED) is 0.841. The second-order valence-corrected chi connectivity index (χ2v) is 4.45. The monoisotopic (exact) mass is 259 g/mol. The van der Waals surface area contributed by atoms with Gasteiger partial charge in [0.2, 0.25) is 0 Å². The highest BCUT2D eigenvalue weighted by atomic mass is 35.5. The van der Waals surface area contributed by atoms with Gasteiger partial charge in [0.05, 0.1) is 5.69 Å². The summed E-state index contributed by atoms with van der Waals surface area (Å²) in [6, 6.07) is 4.89. The first-order chi connectivity index (χ1) is 7.58. The lowest BCUT2D eigenvalue weighted by molar-refractivity contribution is 0.202. The van der Waals surface area contributed by atoms with Crippen LogP contribution >= 0.6 is 23.2 Å². The van der Waals surface area contributed by atoms with Crippen molar-refractivity contribution in [2.24, 2.45) is 0 Å². The second kappa shape index (κ2) is 4.49. The first-order valence-electron chi connectivity index (χ1n) is 4.83. The first-order valence-corrected chi connectivity index (χ1v) is 5.58. The number of carbonyl (C=O) groups is 1. The van der Waals surface area contributed by atoms with E-state index in [4.69, 9.17) is 23.2 Å². The Morgan fingerprint density at radius 1 is 1.25 bits per heavy atom. The van der Waals surface area contributed by atoms with Gasteiger partial charge < -0.3 is 4.90 Å². The van der Waals surface area contributed by atoms with Crippen molar-refractivity contribution in [3.63, 3.8) is 0 Å². The fourth-order valence-electron chi connectivity index (χ4n) is 1.53. The molecule has 86 valence electrons. The molecule has 0 unspecified atom stereocenters. The SMILES string of the molecule is CN1CCNN(c2cc(Cl)cc(Cl)c2)C1=O. The summed E-state index contributed by atoms with van der Waals surface area (Å²) in [4.78, 5) is 13.5. The molecule has 0 saturated carbocycles. The number of urea groups is 1. The van der Waals surface area contributed by atoms with Crippen molar-refractivity contribution < 1.29 is 4.79 Å². The minimum atomic E-state index is -0.121. The molecule has 1 N–H and O–H groups in total. The maximum absolute atomic E-state index is 11.9. The maximum atomic E-state index is 11.9. The first kappa shape index (κ1) is 11.5. The van der Waals surface area contributed by atoms with Crippen molar-refractivity contribution in [3.8, 4) is 0 Å². The van der Waals surface area contributed by atoms with Crippen molar-refractivity contribution >= 4 is 34.9 Å². The lowest BCUT2D eigenvalue weighted by Gasteiger charge is -2.33. The van der Waals surface area contributed by atoms with Crippen LogP contribution in [0.1, 0.15) is 0 Å².